The van der Waals surface area contributed by atoms with Gasteiger partial charge in [0.2, 0.25) is 0 Å². The first-order chi connectivity index (χ1) is 6.80. The molecule has 0 unspecified atom stereocenters. The summed E-state index contributed by atoms with van der Waals surface area (Å²) >= 11 is 0. The normalized spacial score (nSPS) is 10.6. The van der Waals surface area contributed by atoms with Gasteiger partial charge in [0.1, 0.15) is 5.75 Å². The van der Waals surface area contributed by atoms with Gasteiger partial charge in [0.15, 0.2) is 0 Å². The third kappa shape index (κ3) is 3.31. The van der Waals surface area contributed by atoms with Crippen LogP contribution in [0.2, 0.25) is 0 Å². The average molecular weight is 210 g/mol. The third-order valence-corrected chi connectivity index (χ3v) is 5.06. The summed E-state index contributed by atoms with van der Waals surface area (Å²) in [5, 5.41) is 0. The van der Waals surface area contributed by atoms with Crippen LogP contribution in [0.3, 0.4) is 0 Å². The SMILES string of the molecule is CCP(CC)Cc1ccc(OC)cc1. The van der Waals surface area contributed by atoms with Crippen LogP contribution in [0.4, 0.5) is 0 Å². The first kappa shape index (κ1) is 11.5. The Bertz CT molecular complexity index is 252. The van der Waals surface area contributed by atoms with Gasteiger partial charge in [0.25, 0.3) is 0 Å². The molecule has 0 aromatic heterocycles. The van der Waals surface area contributed by atoms with Crippen molar-refractivity contribution in [2.45, 2.75) is 20.0 Å². The van der Waals surface area contributed by atoms with Crippen LogP contribution in [-0.2, 0) is 6.16 Å². The van der Waals surface area contributed by atoms with E-state index in [-0.39, 0.29) is 7.92 Å². The lowest BCUT2D eigenvalue weighted by molar-refractivity contribution is 0.414. The molecule has 0 radical (unpaired) electrons. The highest BCUT2D eigenvalue weighted by molar-refractivity contribution is 7.56. The highest BCUT2D eigenvalue weighted by Gasteiger charge is 2.03. The van der Waals surface area contributed by atoms with Crippen molar-refractivity contribution in [3.63, 3.8) is 0 Å². The van der Waals surface area contributed by atoms with Crippen molar-refractivity contribution in [1.82, 2.24) is 0 Å². The highest BCUT2D eigenvalue weighted by Crippen LogP contribution is 2.38. The second kappa shape index (κ2) is 6.03. The van der Waals surface area contributed by atoms with Gasteiger partial charge in [-0.25, -0.2) is 0 Å². The van der Waals surface area contributed by atoms with E-state index < -0.39 is 0 Å². The molecule has 0 spiro atoms. The third-order valence-electron chi connectivity index (χ3n) is 2.46. The summed E-state index contributed by atoms with van der Waals surface area (Å²) in [4.78, 5) is 0. The van der Waals surface area contributed by atoms with E-state index in [1.807, 2.05) is 12.1 Å². The molecule has 1 rings (SSSR count). The second-order valence-electron chi connectivity index (χ2n) is 3.31. The maximum Gasteiger partial charge on any atom is 0.118 e. The molecule has 1 aromatic rings. The molecule has 1 nitrogen and oxygen atoms in total. The summed E-state index contributed by atoms with van der Waals surface area (Å²) in [6, 6.07) is 8.46. The van der Waals surface area contributed by atoms with Gasteiger partial charge < -0.3 is 4.74 Å². The number of methoxy groups -OCH3 is 1. The van der Waals surface area contributed by atoms with E-state index >= 15 is 0 Å². The fourth-order valence-electron chi connectivity index (χ4n) is 1.44. The van der Waals surface area contributed by atoms with E-state index in [0.717, 1.165) is 5.75 Å². The van der Waals surface area contributed by atoms with Crippen LogP contribution in [0.1, 0.15) is 19.4 Å². The lowest BCUT2D eigenvalue weighted by Gasteiger charge is -2.13. The number of hydrogen-bond acceptors (Lipinski definition) is 1. The number of hydrogen-bond donors (Lipinski definition) is 0. The molecule has 0 heterocycles. The second-order valence-corrected chi connectivity index (χ2v) is 6.23. The minimum Gasteiger partial charge on any atom is -0.497 e. The topological polar surface area (TPSA) is 9.23 Å². The molecule has 0 aliphatic carbocycles. The maximum atomic E-state index is 5.13. The van der Waals surface area contributed by atoms with Gasteiger partial charge in [-0.05, 0) is 36.2 Å². The fraction of sp³-hybridized carbons (Fsp3) is 0.500. The Morgan fingerprint density at radius 3 is 2.07 bits per heavy atom. The summed E-state index contributed by atoms with van der Waals surface area (Å²) in [6.07, 6.45) is 3.92. The van der Waals surface area contributed by atoms with Crippen molar-refractivity contribution in [3.05, 3.63) is 29.8 Å². The summed E-state index contributed by atoms with van der Waals surface area (Å²) in [5.74, 6) is 0.950. The summed E-state index contributed by atoms with van der Waals surface area (Å²) in [6.45, 7) is 4.58. The molecule has 0 saturated carbocycles. The minimum atomic E-state index is 0.213. The zero-order chi connectivity index (χ0) is 10.4. The Balaban J connectivity index is 2.58. The molecule has 1 aromatic carbocycles. The molecule has 14 heavy (non-hydrogen) atoms. The summed E-state index contributed by atoms with van der Waals surface area (Å²) < 4.78 is 5.13. The first-order valence-corrected chi connectivity index (χ1v) is 7.05. The molecule has 0 fully saturated rings. The van der Waals surface area contributed by atoms with Gasteiger partial charge >= 0.3 is 0 Å². The Morgan fingerprint density at radius 2 is 1.64 bits per heavy atom. The number of benzene rings is 1. The smallest absolute Gasteiger partial charge is 0.118 e. The molecule has 0 amide bonds. The van der Waals surface area contributed by atoms with Gasteiger partial charge in [0.05, 0.1) is 7.11 Å². The Labute approximate surface area is 88.2 Å². The molecule has 0 aliphatic heterocycles. The zero-order valence-corrected chi connectivity index (χ0v) is 10.2. The average Bonchev–Trinajstić information content (AvgIpc) is 2.26. The maximum absolute atomic E-state index is 5.13. The minimum absolute atomic E-state index is 0.213. The number of ether oxygens (including phenoxy) is 1. The lowest BCUT2D eigenvalue weighted by Crippen LogP contribution is -1.89. The predicted molar refractivity (Wildman–Crippen MR) is 64.7 cm³/mol. The predicted octanol–water partition coefficient (Wildman–Crippen LogP) is 3.72. The molecule has 0 atom stereocenters. The van der Waals surface area contributed by atoms with Crippen LogP contribution >= 0.6 is 7.92 Å². The molecular formula is C12H19OP. The standard InChI is InChI=1S/C12H19OP/c1-4-14(5-2)10-11-6-8-12(13-3)9-7-11/h6-9H,4-5,10H2,1-3H3. The van der Waals surface area contributed by atoms with Gasteiger partial charge in [-0.15, -0.1) is 7.92 Å². The molecule has 0 bridgehead atoms. The van der Waals surface area contributed by atoms with Gasteiger partial charge in [-0.1, -0.05) is 26.0 Å². The van der Waals surface area contributed by atoms with Gasteiger partial charge in [0, 0.05) is 0 Å². The molecule has 0 saturated heterocycles. The highest BCUT2D eigenvalue weighted by atomic mass is 31.1. The van der Waals surface area contributed by atoms with Crippen LogP contribution in [-0.4, -0.2) is 19.4 Å². The largest absolute Gasteiger partial charge is 0.497 e. The first-order valence-electron chi connectivity index (χ1n) is 5.15. The van der Waals surface area contributed by atoms with Crippen LogP contribution in [0.15, 0.2) is 24.3 Å². The quantitative estimate of drug-likeness (QED) is 0.673. The van der Waals surface area contributed by atoms with Crippen LogP contribution in [0, 0.1) is 0 Å². The Morgan fingerprint density at radius 1 is 1.07 bits per heavy atom. The Kier molecular flexibility index (Phi) is 4.97. The summed E-state index contributed by atoms with van der Waals surface area (Å²) in [5.41, 5.74) is 1.45. The van der Waals surface area contributed by atoms with E-state index in [1.165, 1.54) is 24.0 Å². The van der Waals surface area contributed by atoms with Crippen LogP contribution in [0.5, 0.6) is 5.75 Å². The van der Waals surface area contributed by atoms with Crippen molar-refractivity contribution in [3.8, 4) is 5.75 Å². The monoisotopic (exact) mass is 210 g/mol. The van der Waals surface area contributed by atoms with Gasteiger partial charge in [-0.3, -0.25) is 0 Å². The van der Waals surface area contributed by atoms with E-state index in [1.54, 1.807) is 7.11 Å². The zero-order valence-electron chi connectivity index (χ0n) is 9.29. The van der Waals surface area contributed by atoms with Crippen molar-refractivity contribution in [2.75, 3.05) is 19.4 Å². The van der Waals surface area contributed by atoms with E-state index in [9.17, 15) is 0 Å². The molecular weight excluding hydrogens is 191 g/mol. The van der Waals surface area contributed by atoms with Crippen LogP contribution < -0.4 is 4.74 Å². The fourth-order valence-corrected chi connectivity index (χ4v) is 3.06. The summed E-state index contributed by atoms with van der Waals surface area (Å²) in [7, 11) is 1.92. The van der Waals surface area contributed by atoms with Gasteiger partial charge in [-0.2, -0.15) is 0 Å². The lowest BCUT2D eigenvalue weighted by atomic mass is 10.2. The molecule has 78 valence electrons. The Hall–Kier alpha value is -0.550. The van der Waals surface area contributed by atoms with E-state index in [2.05, 4.69) is 26.0 Å². The molecule has 0 N–H and O–H groups in total. The van der Waals surface area contributed by atoms with Crippen molar-refractivity contribution in [1.29, 1.82) is 0 Å². The van der Waals surface area contributed by atoms with Crippen LogP contribution in [0.25, 0.3) is 0 Å². The van der Waals surface area contributed by atoms with Crippen molar-refractivity contribution < 1.29 is 4.74 Å². The van der Waals surface area contributed by atoms with Crippen molar-refractivity contribution >= 4 is 7.92 Å². The van der Waals surface area contributed by atoms with Crippen molar-refractivity contribution in [2.24, 2.45) is 0 Å². The number of rotatable bonds is 5. The molecule has 0 aliphatic rings. The van der Waals surface area contributed by atoms with E-state index in [4.69, 9.17) is 4.74 Å². The molecule has 2 heteroatoms. The van der Waals surface area contributed by atoms with E-state index in [0.29, 0.717) is 0 Å².